The third kappa shape index (κ3) is 11.8. The molecule has 0 spiro atoms. The molecule has 2 aromatic heterocycles. The van der Waals surface area contributed by atoms with E-state index in [-0.39, 0.29) is 18.2 Å². The standard InChI is InChI=1S/C10H8BrNO.C9H5BrO2S.C6H15N2.C4H9NO.ClH/c1-6(13)9-4-7-2-3-8(11)5-10(7)12-9;10-6-2-1-5-3-8(9(11)12)13-7(5)4-6;1-8(2)5-3-7-4-6-8;5-4-1-2-6-3-4;/h2-5,12H,1H3;1-4H,(H,11,12);7H,3-6H2,1-2H3;4H,1-3,5H2;1H/q;;+1;;/p-1. The molecule has 2 aliphatic rings. The van der Waals surface area contributed by atoms with Crippen LogP contribution in [-0.2, 0) is 4.74 Å². The minimum absolute atomic E-state index is 0. The molecule has 6 rings (SSSR count). The monoisotopic (exact) mass is 730 g/mol. The maximum absolute atomic E-state index is 11.1. The number of fused-ring (bicyclic) bond motifs is 2. The van der Waals surface area contributed by atoms with Crippen LogP contribution in [0.25, 0.3) is 21.0 Å². The molecule has 224 valence electrons. The van der Waals surface area contributed by atoms with Gasteiger partial charge >= 0.3 is 5.97 Å². The van der Waals surface area contributed by atoms with Gasteiger partial charge in [0.1, 0.15) is 4.88 Å². The second kappa shape index (κ2) is 16.7. The first kappa shape index (κ1) is 35.4. The van der Waals surface area contributed by atoms with Crippen molar-refractivity contribution in [2.24, 2.45) is 5.73 Å². The molecule has 0 aliphatic carbocycles. The van der Waals surface area contributed by atoms with Crippen molar-refractivity contribution in [3.05, 3.63) is 68.0 Å². The van der Waals surface area contributed by atoms with Crippen molar-refractivity contribution in [3.8, 4) is 0 Å². The van der Waals surface area contributed by atoms with Gasteiger partial charge in [-0.3, -0.25) is 4.79 Å². The van der Waals surface area contributed by atoms with Gasteiger partial charge in [0.15, 0.2) is 5.78 Å². The molecule has 2 saturated heterocycles. The average Bonchev–Trinajstić information content (AvgIpc) is 3.64. The predicted octanol–water partition coefficient (Wildman–Crippen LogP) is 2.90. The Kier molecular flexibility index (Phi) is 14.4. The van der Waals surface area contributed by atoms with Crippen molar-refractivity contribution in [1.29, 1.82) is 0 Å². The molecular weight excluding hydrogens is 696 g/mol. The number of aromatic amines is 1. The molecule has 5 N–H and O–H groups in total. The van der Waals surface area contributed by atoms with Gasteiger partial charge in [0.25, 0.3) is 0 Å². The first-order chi connectivity index (χ1) is 18.9. The predicted molar refractivity (Wildman–Crippen MR) is 171 cm³/mol. The Balaban J connectivity index is 0.000000198. The van der Waals surface area contributed by atoms with Crippen molar-refractivity contribution in [2.45, 2.75) is 19.4 Å². The second-order valence-electron chi connectivity index (χ2n) is 10.3. The van der Waals surface area contributed by atoms with Gasteiger partial charge in [0, 0.05) is 57.2 Å². The Labute approximate surface area is 267 Å². The zero-order chi connectivity index (χ0) is 29.3. The fourth-order valence-corrected chi connectivity index (χ4v) is 5.77. The smallest absolute Gasteiger partial charge is 0.345 e. The van der Waals surface area contributed by atoms with Gasteiger partial charge < -0.3 is 42.8 Å². The summed E-state index contributed by atoms with van der Waals surface area (Å²) in [7, 11) is 4.56. The number of quaternary nitrogens is 1. The van der Waals surface area contributed by atoms with E-state index < -0.39 is 5.97 Å². The summed E-state index contributed by atoms with van der Waals surface area (Å²) < 4.78 is 9.09. The number of Topliss-reactive ketones (excluding diaryl/α,β-unsaturated/α-hetero) is 1. The highest BCUT2D eigenvalue weighted by Gasteiger charge is 2.17. The van der Waals surface area contributed by atoms with Crippen LogP contribution >= 0.6 is 43.2 Å². The Morgan fingerprint density at radius 2 is 1.66 bits per heavy atom. The van der Waals surface area contributed by atoms with E-state index in [0.717, 1.165) is 49.6 Å². The number of carbonyl (C=O) groups is 2. The molecule has 41 heavy (non-hydrogen) atoms. The Bertz CT molecular complexity index is 1340. The molecule has 2 aromatic carbocycles. The van der Waals surface area contributed by atoms with E-state index >= 15 is 0 Å². The molecule has 0 saturated carbocycles. The first-order valence-corrected chi connectivity index (χ1v) is 15.4. The largest absolute Gasteiger partial charge is 1.00 e. The van der Waals surface area contributed by atoms with Crippen molar-refractivity contribution in [1.82, 2.24) is 10.3 Å². The number of carbonyl (C=O) groups excluding carboxylic acids is 1. The molecule has 2 aliphatic heterocycles. The Morgan fingerprint density at radius 3 is 2.15 bits per heavy atom. The molecule has 1 unspecified atom stereocenters. The number of thiophene rings is 1. The van der Waals surface area contributed by atoms with Gasteiger partial charge in [-0.05, 0) is 48.2 Å². The lowest BCUT2D eigenvalue weighted by Crippen LogP contribution is -3.00. The number of hydrogen-bond acceptors (Lipinski definition) is 6. The highest BCUT2D eigenvalue weighted by Crippen LogP contribution is 2.28. The van der Waals surface area contributed by atoms with Crippen molar-refractivity contribution in [3.63, 3.8) is 0 Å². The van der Waals surface area contributed by atoms with Gasteiger partial charge in [-0.1, -0.05) is 44.0 Å². The summed E-state index contributed by atoms with van der Waals surface area (Å²) in [6.07, 6.45) is 1.04. The quantitative estimate of drug-likeness (QED) is 0.186. The van der Waals surface area contributed by atoms with E-state index in [1.807, 2.05) is 42.5 Å². The van der Waals surface area contributed by atoms with Crippen LogP contribution in [-0.4, -0.2) is 85.9 Å². The topological polar surface area (TPSA) is 117 Å². The van der Waals surface area contributed by atoms with Crippen molar-refractivity contribution in [2.75, 3.05) is 53.5 Å². The number of piperazine rings is 1. The molecule has 0 bridgehead atoms. The van der Waals surface area contributed by atoms with E-state index in [9.17, 15) is 9.59 Å². The summed E-state index contributed by atoms with van der Waals surface area (Å²) in [5, 5.41) is 14.1. The third-order valence-corrected chi connectivity index (χ3v) is 8.48. The highest BCUT2D eigenvalue weighted by atomic mass is 79.9. The summed E-state index contributed by atoms with van der Waals surface area (Å²) in [6.45, 7) is 8.11. The summed E-state index contributed by atoms with van der Waals surface area (Å²) in [6, 6.07) is 15.5. The number of ether oxygens (including phenoxy) is 1. The number of nitrogens with one attached hydrogen (secondary N) is 2. The number of carboxylic acid groups (broad SMARTS) is 1. The number of hydrogen-bond donors (Lipinski definition) is 4. The number of aromatic nitrogens is 1. The maximum Gasteiger partial charge on any atom is 0.345 e. The van der Waals surface area contributed by atoms with Crippen LogP contribution in [0.15, 0.2) is 57.5 Å². The van der Waals surface area contributed by atoms with Crippen LogP contribution in [0.5, 0.6) is 0 Å². The highest BCUT2D eigenvalue weighted by molar-refractivity contribution is 9.10. The van der Waals surface area contributed by atoms with Gasteiger partial charge in [0.2, 0.25) is 0 Å². The number of nitrogens with two attached hydrogens (primary N) is 1. The maximum atomic E-state index is 11.1. The molecule has 0 radical (unpaired) electrons. The number of carboxylic acids is 1. The third-order valence-electron chi connectivity index (χ3n) is 6.41. The molecule has 8 nitrogen and oxygen atoms in total. The zero-order valence-corrected chi connectivity index (χ0v) is 28.1. The normalized spacial score (nSPS) is 17.2. The van der Waals surface area contributed by atoms with E-state index in [2.05, 4.69) is 56.3 Å². The average molecular weight is 733 g/mol. The van der Waals surface area contributed by atoms with Crippen molar-refractivity contribution >= 4 is 75.9 Å². The summed E-state index contributed by atoms with van der Waals surface area (Å²) >= 11 is 8.00. The molecule has 2 fully saturated rings. The fourth-order valence-electron chi connectivity index (χ4n) is 3.95. The van der Waals surface area contributed by atoms with Gasteiger partial charge in [-0.2, -0.15) is 0 Å². The summed E-state index contributed by atoms with van der Waals surface area (Å²) in [5.74, 6) is -0.801. The lowest BCUT2D eigenvalue weighted by atomic mass is 10.2. The number of ketones is 1. The second-order valence-corrected chi connectivity index (χ2v) is 13.2. The summed E-state index contributed by atoms with van der Waals surface area (Å²) in [4.78, 5) is 25.1. The van der Waals surface area contributed by atoms with Crippen LogP contribution in [0.2, 0.25) is 0 Å². The molecule has 12 heteroatoms. The number of H-pyrrole nitrogens is 1. The number of halogens is 3. The van der Waals surface area contributed by atoms with Crippen LogP contribution in [0.3, 0.4) is 0 Å². The van der Waals surface area contributed by atoms with E-state index in [0.29, 0.717) is 16.6 Å². The first-order valence-electron chi connectivity index (χ1n) is 13.0. The minimum Gasteiger partial charge on any atom is -1.00 e. The molecule has 1 atom stereocenters. The lowest BCUT2D eigenvalue weighted by molar-refractivity contribution is -0.891. The molecular formula is C29H37Br2ClN4O4S. The lowest BCUT2D eigenvalue weighted by Gasteiger charge is -2.33. The summed E-state index contributed by atoms with van der Waals surface area (Å²) in [5.41, 5.74) is 7.06. The van der Waals surface area contributed by atoms with E-state index in [1.54, 1.807) is 13.0 Å². The van der Waals surface area contributed by atoms with Gasteiger partial charge in [-0.15, -0.1) is 11.3 Å². The zero-order valence-electron chi connectivity index (χ0n) is 23.4. The van der Waals surface area contributed by atoms with E-state index in [4.69, 9.17) is 15.6 Å². The van der Waals surface area contributed by atoms with E-state index in [1.165, 1.54) is 42.0 Å². The van der Waals surface area contributed by atoms with Gasteiger partial charge in [-0.25, -0.2) is 4.79 Å². The SMILES string of the molecule is CC(=O)c1cc2ccc(Br)cc2[nH]1.C[N+]1(C)CCNCC1.NC1CCOC1.O=C(O)c1cc2ccc(Br)cc2s1.[Cl-]. The number of nitrogens with zero attached hydrogens (tertiary/aromatic N) is 1. The molecule has 4 heterocycles. The molecule has 0 amide bonds. The Morgan fingerprint density at radius 1 is 1.02 bits per heavy atom. The molecule has 4 aromatic rings. The van der Waals surface area contributed by atoms with Crippen LogP contribution in [0.4, 0.5) is 0 Å². The van der Waals surface area contributed by atoms with Crippen LogP contribution in [0, 0.1) is 0 Å². The number of benzene rings is 2. The number of likely N-dealkylation sites (N-methyl/N-ethyl adjacent to an activating group) is 1. The number of rotatable bonds is 2. The van der Waals surface area contributed by atoms with Crippen molar-refractivity contribution < 1.29 is 36.3 Å². The van der Waals surface area contributed by atoms with Crippen LogP contribution in [0.1, 0.15) is 33.5 Å². The number of aromatic carboxylic acids is 1. The Hall–Kier alpha value is -1.83. The van der Waals surface area contributed by atoms with Gasteiger partial charge in [0.05, 0.1) is 39.5 Å². The fraction of sp³-hybridized carbons (Fsp3) is 0.379. The van der Waals surface area contributed by atoms with Crippen LogP contribution < -0.4 is 23.5 Å². The minimum atomic E-state index is -0.864.